The summed E-state index contributed by atoms with van der Waals surface area (Å²) in [7, 11) is 0. The van der Waals surface area contributed by atoms with Gasteiger partial charge in [0, 0.05) is 12.1 Å². The Morgan fingerprint density at radius 3 is 2.58 bits per heavy atom. The average molecular weight is 322 g/mol. The molecule has 0 unspecified atom stereocenters. The van der Waals surface area contributed by atoms with E-state index >= 15 is 0 Å². The third kappa shape index (κ3) is 4.17. The molecule has 0 heterocycles. The van der Waals surface area contributed by atoms with Crippen LogP contribution in [0.1, 0.15) is 12.0 Å². The van der Waals surface area contributed by atoms with E-state index in [1.807, 2.05) is 30.3 Å². The summed E-state index contributed by atoms with van der Waals surface area (Å²) in [6.45, 7) is 0. The number of anilines is 1. The van der Waals surface area contributed by atoms with Gasteiger partial charge in [-0.1, -0.05) is 30.3 Å². The normalized spacial score (nSPS) is 10.2. The summed E-state index contributed by atoms with van der Waals surface area (Å²) in [5.74, 6) is -0.426. The third-order valence-corrected chi connectivity index (χ3v) is 3.29. The van der Waals surface area contributed by atoms with Crippen molar-refractivity contribution in [2.24, 2.45) is 0 Å². The molecule has 2 nitrogen and oxygen atoms in total. The fraction of sp³-hybridized carbons (Fsp3) is 0.133. The van der Waals surface area contributed by atoms with Crippen LogP contribution in [0.25, 0.3) is 0 Å². The van der Waals surface area contributed by atoms with Crippen LogP contribution in [-0.4, -0.2) is 5.91 Å². The van der Waals surface area contributed by atoms with E-state index < -0.39 is 0 Å². The molecule has 0 spiro atoms. The quantitative estimate of drug-likeness (QED) is 0.900. The number of hydrogen-bond donors (Lipinski definition) is 1. The van der Waals surface area contributed by atoms with Crippen molar-refractivity contribution >= 4 is 27.5 Å². The molecule has 0 atom stereocenters. The number of carbonyl (C=O) groups is 1. The molecule has 1 amide bonds. The van der Waals surface area contributed by atoms with Gasteiger partial charge in [-0.3, -0.25) is 4.79 Å². The van der Waals surface area contributed by atoms with E-state index in [-0.39, 0.29) is 11.7 Å². The minimum absolute atomic E-state index is 0.0811. The first-order valence-electron chi connectivity index (χ1n) is 5.94. The predicted molar refractivity (Wildman–Crippen MR) is 77.5 cm³/mol. The van der Waals surface area contributed by atoms with Gasteiger partial charge >= 0.3 is 0 Å². The van der Waals surface area contributed by atoms with Gasteiger partial charge in [0.2, 0.25) is 5.91 Å². The van der Waals surface area contributed by atoms with Crippen molar-refractivity contribution < 1.29 is 9.18 Å². The number of nitrogens with one attached hydrogen (secondary N) is 1. The fourth-order valence-electron chi connectivity index (χ4n) is 1.70. The maximum absolute atomic E-state index is 13.0. The van der Waals surface area contributed by atoms with Crippen LogP contribution < -0.4 is 5.32 Å². The average Bonchev–Trinajstić information content (AvgIpc) is 2.42. The first kappa shape index (κ1) is 13.7. The second kappa shape index (κ2) is 6.48. The van der Waals surface area contributed by atoms with Crippen LogP contribution in [0.2, 0.25) is 0 Å². The number of amides is 1. The molecule has 2 rings (SSSR count). The molecule has 19 heavy (non-hydrogen) atoms. The summed E-state index contributed by atoms with van der Waals surface area (Å²) < 4.78 is 13.4. The largest absolute Gasteiger partial charge is 0.326 e. The van der Waals surface area contributed by atoms with Crippen molar-refractivity contribution in [3.05, 3.63) is 64.4 Å². The number of rotatable bonds is 4. The highest BCUT2D eigenvalue weighted by molar-refractivity contribution is 9.10. The van der Waals surface area contributed by atoms with Crippen LogP contribution >= 0.6 is 15.9 Å². The molecule has 4 heteroatoms. The van der Waals surface area contributed by atoms with Crippen molar-refractivity contribution in [3.8, 4) is 0 Å². The molecule has 0 aliphatic heterocycles. The van der Waals surface area contributed by atoms with Crippen LogP contribution in [0.4, 0.5) is 10.1 Å². The lowest BCUT2D eigenvalue weighted by atomic mass is 10.1. The maximum Gasteiger partial charge on any atom is 0.224 e. The van der Waals surface area contributed by atoms with Crippen LogP contribution in [0.5, 0.6) is 0 Å². The van der Waals surface area contributed by atoms with Crippen molar-refractivity contribution in [1.82, 2.24) is 0 Å². The minimum Gasteiger partial charge on any atom is -0.326 e. The number of benzene rings is 2. The number of halogens is 2. The molecule has 0 radical (unpaired) electrons. The molecule has 0 aliphatic carbocycles. The van der Waals surface area contributed by atoms with Gasteiger partial charge in [-0.15, -0.1) is 0 Å². The number of carbonyl (C=O) groups excluding carboxylic acids is 1. The first-order chi connectivity index (χ1) is 9.15. The van der Waals surface area contributed by atoms with E-state index in [1.165, 1.54) is 6.07 Å². The highest BCUT2D eigenvalue weighted by Crippen LogP contribution is 2.20. The van der Waals surface area contributed by atoms with E-state index in [1.54, 1.807) is 12.1 Å². The van der Waals surface area contributed by atoms with Crippen molar-refractivity contribution in [2.45, 2.75) is 12.8 Å². The molecule has 98 valence electrons. The summed E-state index contributed by atoms with van der Waals surface area (Å²) in [4.78, 5) is 11.8. The van der Waals surface area contributed by atoms with Gasteiger partial charge in [0.05, 0.1) is 4.47 Å². The van der Waals surface area contributed by atoms with Gasteiger partial charge in [-0.25, -0.2) is 4.39 Å². The Morgan fingerprint density at radius 2 is 1.89 bits per heavy atom. The second-order valence-corrected chi connectivity index (χ2v) is 5.02. The summed E-state index contributed by atoms with van der Waals surface area (Å²) in [5, 5.41) is 2.74. The summed E-state index contributed by atoms with van der Waals surface area (Å²) in [6, 6.07) is 14.2. The highest BCUT2D eigenvalue weighted by atomic mass is 79.9. The molecular weight excluding hydrogens is 309 g/mol. The molecule has 0 bridgehead atoms. The molecule has 1 N–H and O–H groups in total. The topological polar surface area (TPSA) is 29.1 Å². The van der Waals surface area contributed by atoms with Crippen molar-refractivity contribution in [3.63, 3.8) is 0 Å². The van der Waals surface area contributed by atoms with E-state index in [0.717, 1.165) is 5.56 Å². The Hall–Kier alpha value is -1.68. The number of hydrogen-bond acceptors (Lipinski definition) is 1. The minimum atomic E-state index is -0.345. The molecule has 2 aromatic rings. The van der Waals surface area contributed by atoms with Crippen LogP contribution in [0.3, 0.4) is 0 Å². The zero-order valence-electron chi connectivity index (χ0n) is 10.2. The molecule has 0 fully saturated rings. The second-order valence-electron chi connectivity index (χ2n) is 4.16. The lowest BCUT2D eigenvalue weighted by Gasteiger charge is -2.06. The van der Waals surface area contributed by atoms with Gasteiger partial charge < -0.3 is 5.32 Å². The highest BCUT2D eigenvalue weighted by Gasteiger charge is 2.05. The van der Waals surface area contributed by atoms with Gasteiger partial charge in [-0.2, -0.15) is 0 Å². The van der Waals surface area contributed by atoms with E-state index in [0.29, 0.717) is 23.0 Å². The fourth-order valence-corrected chi connectivity index (χ4v) is 2.08. The van der Waals surface area contributed by atoms with Crippen molar-refractivity contribution in [1.29, 1.82) is 0 Å². The first-order valence-corrected chi connectivity index (χ1v) is 6.73. The lowest BCUT2D eigenvalue weighted by molar-refractivity contribution is -0.116. The van der Waals surface area contributed by atoms with Crippen LogP contribution in [-0.2, 0) is 11.2 Å². The molecule has 0 aromatic heterocycles. The molecule has 0 saturated heterocycles. The zero-order valence-corrected chi connectivity index (χ0v) is 11.8. The van der Waals surface area contributed by atoms with Gasteiger partial charge in [0.1, 0.15) is 5.82 Å². The summed E-state index contributed by atoms with van der Waals surface area (Å²) in [5.41, 5.74) is 1.71. The Labute approximate surface area is 119 Å². The van der Waals surface area contributed by atoms with Crippen molar-refractivity contribution in [2.75, 3.05) is 5.32 Å². The van der Waals surface area contributed by atoms with E-state index in [4.69, 9.17) is 0 Å². The van der Waals surface area contributed by atoms with Gasteiger partial charge in [-0.05, 0) is 46.1 Å². The van der Waals surface area contributed by atoms with Crippen LogP contribution in [0, 0.1) is 5.82 Å². The lowest BCUT2D eigenvalue weighted by Crippen LogP contribution is -2.12. The third-order valence-electron chi connectivity index (χ3n) is 2.69. The smallest absolute Gasteiger partial charge is 0.224 e. The number of aryl methyl sites for hydroxylation is 1. The summed E-state index contributed by atoms with van der Waals surface area (Å²) >= 11 is 3.09. The maximum atomic E-state index is 13.0. The molecular formula is C15H13BrFNO. The Bertz CT molecular complexity index is 572. The van der Waals surface area contributed by atoms with E-state index in [2.05, 4.69) is 21.2 Å². The standard InChI is InChI=1S/C15H13BrFNO/c16-13-10-12(7-8-14(13)17)18-15(19)9-6-11-4-2-1-3-5-11/h1-5,7-8,10H,6,9H2,(H,18,19). The SMILES string of the molecule is O=C(CCc1ccccc1)Nc1ccc(F)c(Br)c1. The monoisotopic (exact) mass is 321 g/mol. The molecule has 0 aliphatic rings. The predicted octanol–water partition coefficient (Wildman–Crippen LogP) is 4.16. The van der Waals surface area contributed by atoms with Gasteiger partial charge in [0.15, 0.2) is 0 Å². The Balaban J connectivity index is 1.89. The zero-order chi connectivity index (χ0) is 13.7. The van der Waals surface area contributed by atoms with Gasteiger partial charge in [0.25, 0.3) is 0 Å². The summed E-state index contributed by atoms with van der Waals surface area (Å²) in [6.07, 6.45) is 1.09. The Kier molecular flexibility index (Phi) is 4.68. The Morgan fingerprint density at radius 1 is 1.16 bits per heavy atom. The van der Waals surface area contributed by atoms with E-state index in [9.17, 15) is 9.18 Å². The molecule has 0 saturated carbocycles. The van der Waals surface area contributed by atoms with Crippen LogP contribution in [0.15, 0.2) is 53.0 Å². The molecule has 2 aromatic carbocycles.